The highest BCUT2D eigenvalue weighted by Crippen LogP contribution is 2.33. The van der Waals surface area contributed by atoms with Gasteiger partial charge in [0, 0.05) is 38.7 Å². The predicted molar refractivity (Wildman–Crippen MR) is 77.2 cm³/mol. The molecule has 1 amide bonds. The van der Waals surface area contributed by atoms with Gasteiger partial charge < -0.3 is 4.90 Å². The van der Waals surface area contributed by atoms with E-state index in [1.165, 1.54) is 16.7 Å². The molecule has 0 bridgehead atoms. The van der Waals surface area contributed by atoms with Crippen molar-refractivity contribution in [1.29, 1.82) is 0 Å². The van der Waals surface area contributed by atoms with E-state index in [1.807, 2.05) is 42.0 Å². The van der Waals surface area contributed by atoms with E-state index in [-0.39, 0.29) is 11.8 Å². The molecule has 0 aliphatic carbocycles. The molecule has 1 aromatic heterocycles. The maximum atomic E-state index is 12.1. The molecule has 4 nitrogen and oxygen atoms in total. The molecule has 1 atom stereocenters. The number of hydrogen-bond acceptors (Lipinski definition) is 2. The molecule has 0 fully saturated rings. The first-order valence-electron chi connectivity index (χ1n) is 7.03. The summed E-state index contributed by atoms with van der Waals surface area (Å²) in [6.07, 6.45) is 4.50. The number of carbonyl (C=O) groups is 1. The fraction of sp³-hybridized carbons (Fsp3) is 0.375. The van der Waals surface area contributed by atoms with E-state index < -0.39 is 0 Å². The van der Waals surface area contributed by atoms with E-state index in [9.17, 15) is 4.79 Å². The number of hydrogen-bond donors (Lipinski definition) is 0. The lowest BCUT2D eigenvalue weighted by molar-refractivity contribution is -0.132. The molecule has 2 aromatic rings. The Morgan fingerprint density at radius 1 is 1.40 bits per heavy atom. The molecule has 0 N–H and O–H groups in total. The van der Waals surface area contributed by atoms with Crippen LogP contribution in [0.25, 0.3) is 0 Å². The monoisotopic (exact) mass is 269 g/mol. The van der Waals surface area contributed by atoms with Crippen molar-refractivity contribution in [2.75, 3.05) is 6.54 Å². The Balaban J connectivity index is 2.01. The number of aryl methyl sites for hydroxylation is 1. The first-order chi connectivity index (χ1) is 9.69. The van der Waals surface area contributed by atoms with Crippen LogP contribution >= 0.6 is 0 Å². The second-order valence-electron chi connectivity index (χ2n) is 5.33. The van der Waals surface area contributed by atoms with Crippen molar-refractivity contribution in [3.8, 4) is 0 Å². The summed E-state index contributed by atoms with van der Waals surface area (Å²) in [4.78, 5) is 14.0. The average Bonchev–Trinajstić information content (AvgIpc) is 2.91. The van der Waals surface area contributed by atoms with Crippen LogP contribution in [0.15, 0.2) is 36.7 Å². The van der Waals surface area contributed by atoms with Crippen LogP contribution in [0.4, 0.5) is 0 Å². The van der Waals surface area contributed by atoms with Crippen molar-refractivity contribution >= 4 is 5.91 Å². The standard InChI is InChI=1S/C16H19N3O/c1-3-16(20)19-10-12-6-4-5-7-14(12)15(11-19)13-8-17-18(2)9-13/h4-9,15H,3,10-11H2,1-2H3. The number of rotatable bonds is 2. The van der Waals surface area contributed by atoms with Crippen LogP contribution < -0.4 is 0 Å². The molecule has 0 radical (unpaired) electrons. The predicted octanol–water partition coefficient (Wildman–Crippen LogP) is 2.30. The van der Waals surface area contributed by atoms with Gasteiger partial charge in [0.2, 0.25) is 5.91 Å². The Hall–Kier alpha value is -2.10. The minimum Gasteiger partial charge on any atom is -0.337 e. The number of carbonyl (C=O) groups excluding carboxylic acids is 1. The van der Waals surface area contributed by atoms with Gasteiger partial charge in [-0.3, -0.25) is 9.48 Å². The van der Waals surface area contributed by atoms with Gasteiger partial charge >= 0.3 is 0 Å². The zero-order valence-electron chi connectivity index (χ0n) is 11.9. The molecule has 3 rings (SSSR count). The summed E-state index contributed by atoms with van der Waals surface area (Å²) >= 11 is 0. The third kappa shape index (κ3) is 2.22. The highest BCUT2D eigenvalue weighted by atomic mass is 16.2. The Morgan fingerprint density at radius 3 is 2.90 bits per heavy atom. The van der Waals surface area contributed by atoms with Gasteiger partial charge in [0.05, 0.1) is 6.20 Å². The number of amides is 1. The lowest BCUT2D eigenvalue weighted by atomic mass is 9.86. The molecular weight excluding hydrogens is 250 g/mol. The van der Waals surface area contributed by atoms with Gasteiger partial charge in [-0.25, -0.2) is 0 Å². The molecular formula is C16H19N3O. The minimum atomic E-state index is 0.216. The second kappa shape index (κ2) is 5.12. The van der Waals surface area contributed by atoms with Gasteiger partial charge in [-0.2, -0.15) is 5.10 Å². The first kappa shape index (κ1) is 12.9. The van der Waals surface area contributed by atoms with Gasteiger partial charge in [-0.1, -0.05) is 31.2 Å². The van der Waals surface area contributed by atoms with Crippen molar-refractivity contribution in [2.24, 2.45) is 7.05 Å². The van der Waals surface area contributed by atoms with Crippen molar-refractivity contribution < 1.29 is 4.79 Å². The van der Waals surface area contributed by atoms with Crippen LogP contribution in [0, 0.1) is 0 Å². The molecule has 1 aromatic carbocycles. The summed E-state index contributed by atoms with van der Waals surface area (Å²) in [5.74, 6) is 0.442. The van der Waals surface area contributed by atoms with Crippen LogP contribution in [0.2, 0.25) is 0 Å². The largest absolute Gasteiger partial charge is 0.337 e. The van der Waals surface area contributed by atoms with Gasteiger partial charge in [0.15, 0.2) is 0 Å². The maximum absolute atomic E-state index is 12.1. The number of fused-ring (bicyclic) bond motifs is 1. The number of nitrogens with zero attached hydrogens (tertiary/aromatic N) is 3. The third-order valence-corrected chi connectivity index (χ3v) is 3.98. The summed E-state index contributed by atoms with van der Waals surface area (Å²) in [7, 11) is 1.92. The Morgan fingerprint density at radius 2 is 2.20 bits per heavy atom. The molecule has 1 aliphatic heterocycles. The highest BCUT2D eigenvalue weighted by Gasteiger charge is 2.28. The fourth-order valence-corrected chi connectivity index (χ4v) is 2.93. The van der Waals surface area contributed by atoms with Gasteiger partial charge in [0.25, 0.3) is 0 Å². The minimum absolute atomic E-state index is 0.216. The smallest absolute Gasteiger partial charge is 0.222 e. The quantitative estimate of drug-likeness (QED) is 0.839. The van der Waals surface area contributed by atoms with E-state index in [4.69, 9.17) is 0 Å². The lowest BCUT2D eigenvalue weighted by Crippen LogP contribution is -2.38. The molecule has 1 aliphatic rings. The van der Waals surface area contributed by atoms with E-state index in [1.54, 1.807) is 0 Å². The zero-order chi connectivity index (χ0) is 14.1. The molecule has 104 valence electrons. The molecule has 0 saturated heterocycles. The Labute approximate surface area is 119 Å². The second-order valence-corrected chi connectivity index (χ2v) is 5.33. The normalized spacial score (nSPS) is 17.9. The van der Waals surface area contributed by atoms with E-state index in [2.05, 4.69) is 23.3 Å². The fourth-order valence-electron chi connectivity index (χ4n) is 2.93. The SMILES string of the molecule is CCC(=O)N1Cc2ccccc2C(c2cnn(C)c2)C1. The summed E-state index contributed by atoms with van der Waals surface area (Å²) in [6, 6.07) is 8.40. The Bertz CT molecular complexity index is 632. The summed E-state index contributed by atoms with van der Waals surface area (Å²) in [6.45, 7) is 3.39. The van der Waals surface area contributed by atoms with Crippen LogP contribution in [-0.4, -0.2) is 27.1 Å². The maximum Gasteiger partial charge on any atom is 0.222 e. The van der Waals surface area contributed by atoms with Crippen molar-refractivity contribution in [3.05, 3.63) is 53.3 Å². The van der Waals surface area contributed by atoms with E-state index >= 15 is 0 Å². The molecule has 0 saturated carbocycles. The van der Waals surface area contributed by atoms with Crippen LogP contribution in [-0.2, 0) is 18.4 Å². The first-order valence-corrected chi connectivity index (χ1v) is 7.03. The number of benzene rings is 1. The lowest BCUT2D eigenvalue weighted by Gasteiger charge is -2.34. The van der Waals surface area contributed by atoms with Gasteiger partial charge in [0.1, 0.15) is 0 Å². The molecule has 0 spiro atoms. The van der Waals surface area contributed by atoms with Crippen molar-refractivity contribution in [2.45, 2.75) is 25.8 Å². The molecule has 2 heterocycles. The van der Waals surface area contributed by atoms with Crippen LogP contribution in [0.5, 0.6) is 0 Å². The van der Waals surface area contributed by atoms with Gasteiger partial charge in [-0.15, -0.1) is 0 Å². The van der Waals surface area contributed by atoms with Gasteiger partial charge in [-0.05, 0) is 16.7 Å². The highest BCUT2D eigenvalue weighted by molar-refractivity contribution is 5.76. The molecule has 4 heteroatoms. The van der Waals surface area contributed by atoms with E-state index in [0.717, 1.165) is 13.1 Å². The van der Waals surface area contributed by atoms with E-state index in [0.29, 0.717) is 6.42 Å². The van der Waals surface area contributed by atoms with Crippen LogP contribution in [0.1, 0.15) is 36.0 Å². The third-order valence-electron chi connectivity index (χ3n) is 3.98. The van der Waals surface area contributed by atoms with Crippen LogP contribution in [0.3, 0.4) is 0 Å². The Kier molecular flexibility index (Phi) is 3.30. The average molecular weight is 269 g/mol. The summed E-state index contributed by atoms with van der Waals surface area (Å²) < 4.78 is 1.82. The molecule has 20 heavy (non-hydrogen) atoms. The van der Waals surface area contributed by atoms with Crippen molar-refractivity contribution in [1.82, 2.24) is 14.7 Å². The summed E-state index contributed by atoms with van der Waals surface area (Å²) in [5, 5.41) is 4.27. The zero-order valence-corrected chi connectivity index (χ0v) is 11.9. The molecule has 1 unspecified atom stereocenters. The number of aromatic nitrogens is 2. The summed E-state index contributed by atoms with van der Waals surface area (Å²) in [5.41, 5.74) is 3.74. The van der Waals surface area contributed by atoms with Crippen molar-refractivity contribution in [3.63, 3.8) is 0 Å². The topological polar surface area (TPSA) is 38.1 Å².